The molecule has 1 atom stereocenters. The largest absolute Gasteiger partial charge is 0.382 e. The predicted molar refractivity (Wildman–Crippen MR) is 117 cm³/mol. The Bertz CT molecular complexity index is 933. The Morgan fingerprint density at radius 1 is 1.00 bits per heavy atom. The van der Waals surface area contributed by atoms with E-state index >= 15 is 0 Å². The van der Waals surface area contributed by atoms with Crippen LogP contribution >= 0.6 is 0 Å². The Kier molecular flexibility index (Phi) is 8.83. The number of ether oxygens (including phenoxy) is 3. The average Bonchev–Trinajstić information content (AvgIpc) is 3.10. The van der Waals surface area contributed by atoms with E-state index < -0.39 is 6.29 Å². The Morgan fingerprint density at radius 3 is 2.34 bits per heavy atom. The van der Waals surface area contributed by atoms with Gasteiger partial charge in [-0.2, -0.15) is 4.91 Å². The second kappa shape index (κ2) is 11.8. The van der Waals surface area contributed by atoms with Crippen molar-refractivity contribution >= 4 is 5.91 Å². The summed E-state index contributed by atoms with van der Waals surface area (Å²) in [4.78, 5) is 23.6. The van der Waals surface area contributed by atoms with Crippen LogP contribution in [0, 0.1) is 4.91 Å². The summed E-state index contributed by atoms with van der Waals surface area (Å²) in [5.41, 5.74) is 4.23. The molecule has 9 nitrogen and oxygen atoms in total. The van der Waals surface area contributed by atoms with E-state index in [1.165, 1.54) is 0 Å². The summed E-state index contributed by atoms with van der Waals surface area (Å²) in [7, 11) is 1.61. The molecule has 0 saturated heterocycles. The van der Waals surface area contributed by atoms with Gasteiger partial charge < -0.3 is 29.7 Å². The van der Waals surface area contributed by atoms with Crippen LogP contribution in [0.1, 0.15) is 39.3 Å². The van der Waals surface area contributed by atoms with E-state index in [-0.39, 0.29) is 18.4 Å². The van der Waals surface area contributed by atoms with E-state index in [0.29, 0.717) is 50.7 Å². The molecule has 3 N–H and O–H groups in total. The molecule has 0 fully saturated rings. The second-order valence-corrected chi connectivity index (χ2v) is 7.36. The van der Waals surface area contributed by atoms with Gasteiger partial charge in [-0.3, -0.25) is 4.79 Å². The van der Waals surface area contributed by atoms with Crippen molar-refractivity contribution in [2.45, 2.75) is 12.2 Å². The smallest absolute Gasteiger partial charge is 0.251 e. The van der Waals surface area contributed by atoms with Gasteiger partial charge in [0.1, 0.15) is 0 Å². The number of benzene rings is 2. The number of hydrogen-bond donors (Lipinski definition) is 3. The fourth-order valence-electron chi connectivity index (χ4n) is 3.75. The number of fused-ring (bicyclic) bond motifs is 3. The molecule has 2 aromatic carbocycles. The fourth-order valence-corrected chi connectivity index (χ4v) is 3.75. The van der Waals surface area contributed by atoms with Crippen LogP contribution in [0.2, 0.25) is 0 Å². The molecule has 2 aromatic rings. The Morgan fingerprint density at radius 2 is 1.66 bits per heavy atom. The zero-order valence-electron chi connectivity index (χ0n) is 18.0. The maximum absolute atomic E-state index is 12.6. The molecule has 0 bridgehead atoms. The molecule has 0 radical (unpaired) electrons. The van der Waals surface area contributed by atoms with Crippen molar-refractivity contribution in [1.82, 2.24) is 5.32 Å². The molecule has 0 heterocycles. The normalized spacial score (nSPS) is 14.3. The van der Waals surface area contributed by atoms with Gasteiger partial charge in [0.2, 0.25) is 0 Å². The number of amides is 1. The monoisotopic (exact) mass is 444 g/mol. The van der Waals surface area contributed by atoms with Gasteiger partial charge in [0.05, 0.1) is 39.6 Å². The van der Waals surface area contributed by atoms with Crippen LogP contribution < -0.4 is 5.32 Å². The summed E-state index contributed by atoms with van der Waals surface area (Å²) in [5.74, 6) is -0.585. The lowest BCUT2D eigenvalue weighted by molar-refractivity contribution is -0.0425. The number of methoxy groups -OCH3 is 1. The highest BCUT2D eigenvalue weighted by atomic mass is 16.5. The summed E-state index contributed by atoms with van der Waals surface area (Å²) >= 11 is 0. The van der Waals surface area contributed by atoms with Crippen molar-refractivity contribution in [3.8, 4) is 11.1 Å². The topological polar surface area (TPSA) is 127 Å². The van der Waals surface area contributed by atoms with Gasteiger partial charge in [-0.25, -0.2) is 0 Å². The van der Waals surface area contributed by atoms with E-state index in [1.807, 2.05) is 6.07 Å². The maximum Gasteiger partial charge on any atom is 0.251 e. The third kappa shape index (κ3) is 5.76. The Balaban J connectivity index is 1.60. The number of hydrogen-bond acceptors (Lipinski definition) is 8. The van der Waals surface area contributed by atoms with E-state index in [4.69, 9.17) is 14.2 Å². The van der Waals surface area contributed by atoms with Crippen molar-refractivity contribution in [2.75, 3.05) is 53.2 Å². The van der Waals surface area contributed by atoms with Crippen molar-refractivity contribution < 1.29 is 29.2 Å². The van der Waals surface area contributed by atoms with Crippen molar-refractivity contribution in [1.29, 1.82) is 0 Å². The van der Waals surface area contributed by atoms with Gasteiger partial charge in [0.15, 0.2) is 6.29 Å². The van der Waals surface area contributed by atoms with Crippen molar-refractivity contribution in [2.24, 2.45) is 5.18 Å². The first kappa shape index (κ1) is 24.0. The number of nitrogens with zero attached hydrogens (tertiary/aromatic N) is 1. The minimum absolute atomic E-state index is 0.00363. The highest BCUT2D eigenvalue weighted by Gasteiger charge is 2.30. The zero-order chi connectivity index (χ0) is 22.9. The quantitative estimate of drug-likeness (QED) is 0.245. The van der Waals surface area contributed by atoms with Crippen LogP contribution in [0.5, 0.6) is 0 Å². The first-order valence-electron chi connectivity index (χ1n) is 10.4. The molecular weight excluding hydrogens is 416 g/mol. The van der Waals surface area contributed by atoms with Crippen molar-refractivity contribution in [3.63, 3.8) is 0 Å². The van der Waals surface area contributed by atoms with Crippen LogP contribution in [-0.2, 0) is 14.2 Å². The van der Waals surface area contributed by atoms with Crippen molar-refractivity contribution in [3.05, 3.63) is 63.6 Å². The minimum Gasteiger partial charge on any atom is -0.382 e. The molecule has 1 unspecified atom stereocenters. The average molecular weight is 444 g/mol. The van der Waals surface area contributed by atoms with Crippen LogP contribution in [-0.4, -0.2) is 69.4 Å². The van der Waals surface area contributed by atoms with E-state index in [0.717, 1.165) is 22.3 Å². The summed E-state index contributed by atoms with van der Waals surface area (Å²) in [5, 5.41) is 24.8. The number of rotatable bonds is 13. The highest BCUT2D eigenvalue weighted by Crippen LogP contribution is 2.46. The molecule has 0 spiro atoms. The van der Waals surface area contributed by atoms with E-state index in [1.54, 1.807) is 37.4 Å². The minimum atomic E-state index is -1.60. The van der Waals surface area contributed by atoms with Gasteiger partial charge in [-0.05, 0) is 40.5 Å². The molecule has 9 heteroatoms. The van der Waals surface area contributed by atoms with E-state index in [2.05, 4.69) is 10.5 Å². The van der Waals surface area contributed by atoms with Gasteiger partial charge in [0.25, 0.3) is 5.91 Å². The lowest BCUT2D eigenvalue weighted by Crippen LogP contribution is -2.27. The number of carbonyl (C=O) groups excluding carboxylic acids is 1. The predicted octanol–water partition coefficient (Wildman–Crippen LogP) is 1.96. The summed E-state index contributed by atoms with van der Waals surface area (Å²) in [6.45, 7) is 2.66. The van der Waals surface area contributed by atoms with Gasteiger partial charge in [-0.1, -0.05) is 23.4 Å². The summed E-state index contributed by atoms with van der Waals surface area (Å²) in [6.07, 6.45) is -1.60. The first-order chi connectivity index (χ1) is 15.6. The Hall–Kier alpha value is -2.69. The molecule has 1 aliphatic rings. The SMILES string of the molecule is COCCOCCOCCNC(=O)c1ccc2c(c1)C(CN=O)c1cc(C(O)O)ccc1-2. The van der Waals surface area contributed by atoms with Gasteiger partial charge >= 0.3 is 0 Å². The lowest BCUT2D eigenvalue weighted by Gasteiger charge is -2.12. The summed E-state index contributed by atoms with van der Waals surface area (Å²) < 4.78 is 15.6. The van der Waals surface area contributed by atoms with Crippen LogP contribution in [0.15, 0.2) is 41.6 Å². The van der Waals surface area contributed by atoms with Gasteiger partial charge in [0, 0.05) is 30.7 Å². The highest BCUT2D eigenvalue weighted by molar-refractivity contribution is 5.96. The molecule has 0 aromatic heterocycles. The van der Waals surface area contributed by atoms with Crippen LogP contribution in [0.4, 0.5) is 0 Å². The third-order valence-corrected chi connectivity index (χ3v) is 5.32. The molecule has 1 amide bonds. The fraction of sp³-hybridized carbons (Fsp3) is 0.435. The molecule has 32 heavy (non-hydrogen) atoms. The number of nitroso groups, excluding NO2 is 1. The van der Waals surface area contributed by atoms with Crippen LogP contribution in [0.25, 0.3) is 11.1 Å². The number of aliphatic hydroxyl groups excluding tert-OH is 1. The number of aliphatic hydroxyl groups is 2. The zero-order valence-corrected chi connectivity index (χ0v) is 18.0. The molecule has 0 aliphatic heterocycles. The molecular formula is C23H28N2O7. The molecule has 0 saturated carbocycles. The lowest BCUT2D eigenvalue weighted by atomic mass is 9.95. The number of carbonyl (C=O) groups is 1. The van der Waals surface area contributed by atoms with E-state index in [9.17, 15) is 19.9 Å². The maximum atomic E-state index is 12.6. The second-order valence-electron chi connectivity index (χ2n) is 7.36. The molecule has 3 rings (SSSR count). The standard InChI is InChI=1S/C23H28N2O7/c1-30-8-9-32-11-10-31-7-6-24-22(26)15-2-4-17-18-5-3-16(23(27)28)13-20(18)21(14-25-29)19(17)12-15/h2-5,12-13,21,23,27-28H,6-11,14H2,1H3,(H,24,26). The first-order valence-corrected chi connectivity index (χ1v) is 10.4. The summed E-state index contributed by atoms with van der Waals surface area (Å²) in [6, 6.07) is 10.4. The third-order valence-electron chi connectivity index (χ3n) is 5.32. The molecule has 172 valence electrons. The molecule has 1 aliphatic carbocycles. The number of nitrogens with one attached hydrogen (secondary N) is 1. The van der Waals surface area contributed by atoms with Gasteiger partial charge in [-0.15, -0.1) is 0 Å². The van der Waals surface area contributed by atoms with Crippen LogP contribution in [0.3, 0.4) is 0 Å². The Labute approximate surface area is 186 Å².